The number of nitrogens with zero attached hydrogens (tertiary/aromatic N) is 1. The molecule has 30 heavy (non-hydrogen) atoms. The largest absolute Gasteiger partial charge is 0.382 e. The summed E-state index contributed by atoms with van der Waals surface area (Å²) in [5, 5.41) is 0. The van der Waals surface area contributed by atoms with Crippen LogP contribution in [-0.2, 0) is 31.9 Å². The van der Waals surface area contributed by atoms with Gasteiger partial charge in [0.15, 0.2) is 0 Å². The SMILES string of the molecule is COCCOCC(=O)N1CCCc2cc([C@H](C)C(=O)Cc3ccc(F)cc3)ccc21. The smallest absolute Gasteiger partial charge is 0.252 e. The molecule has 0 bridgehead atoms. The van der Waals surface area contributed by atoms with Crippen LogP contribution in [0.1, 0.15) is 36.0 Å². The standard InChI is InChI=1S/C24H28FNO4/c1-17(23(27)14-18-5-8-21(25)9-6-18)19-7-10-22-20(15-19)4-3-11-26(22)24(28)16-30-13-12-29-2/h5-10,15,17H,3-4,11-14,16H2,1-2H3/t17-/m0/s1. The summed E-state index contributed by atoms with van der Waals surface area (Å²) in [6.07, 6.45) is 2.01. The predicted molar refractivity (Wildman–Crippen MR) is 113 cm³/mol. The van der Waals surface area contributed by atoms with E-state index in [1.807, 2.05) is 25.1 Å². The number of ether oxygens (including phenoxy) is 2. The van der Waals surface area contributed by atoms with E-state index in [0.29, 0.717) is 19.8 Å². The fraction of sp³-hybridized carbons (Fsp3) is 0.417. The number of carbonyl (C=O) groups is 2. The van der Waals surface area contributed by atoms with Crippen molar-refractivity contribution in [2.75, 3.05) is 38.4 Å². The fourth-order valence-corrected chi connectivity index (χ4v) is 3.67. The summed E-state index contributed by atoms with van der Waals surface area (Å²) >= 11 is 0. The Bertz CT molecular complexity index is 881. The van der Waals surface area contributed by atoms with Crippen molar-refractivity contribution in [3.05, 3.63) is 65.0 Å². The van der Waals surface area contributed by atoms with Crippen molar-refractivity contribution in [1.82, 2.24) is 0 Å². The summed E-state index contributed by atoms with van der Waals surface area (Å²) < 4.78 is 23.4. The highest BCUT2D eigenvalue weighted by Gasteiger charge is 2.24. The van der Waals surface area contributed by atoms with E-state index in [-0.39, 0.29) is 36.5 Å². The molecule has 1 aliphatic rings. The lowest BCUT2D eigenvalue weighted by Gasteiger charge is -2.30. The van der Waals surface area contributed by atoms with Crippen LogP contribution in [0.4, 0.5) is 10.1 Å². The van der Waals surface area contributed by atoms with Gasteiger partial charge in [-0.15, -0.1) is 0 Å². The highest BCUT2D eigenvalue weighted by atomic mass is 19.1. The van der Waals surface area contributed by atoms with Gasteiger partial charge in [-0.2, -0.15) is 0 Å². The quantitative estimate of drug-likeness (QED) is 0.589. The van der Waals surface area contributed by atoms with Crippen LogP contribution in [0.25, 0.3) is 0 Å². The van der Waals surface area contributed by atoms with Crippen molar-refractivity contribution in [3.63, 3.8) is 0 Å². The van der Waals surface area contributed by atoms with Gasteiger partial charge in [0.25, 0.3) is 5.91 Å². The molecule has 6 heteroatoms. The third-order valence-electron chi connectivity index (χ3n) is 5.46. The maximum atomic E-state index is 13.1. The Morgan fingerprint density at radius 2 is 1.90 bits per heavy atom. The second-order valence-corrected chi connectivity index (χ2v) is 7.57. The second kappa shape index (κ2) is 10.5. The van der Waals surface area contributed by atoms with Gasteiger partial charge in [0.1, 0.15) is 18.2 Å². The first-order valence-corrected chi connectivity index (χ1v) is 10.3. The Balaban J connectivity index is 1.67. The summed E-state index contributed by atoms with van der Waals surface area (Å²) in [7, 11) is 1.59. The maximum Gasteiger partial charge on any atom is 0.252 e. The molecule has 0 N–H and O–H groups in total. The molecule has 1 amide bonds. The Morgan fingerprint density at radius 1 is 1.13 bits per heavy atom. The lowest BCUT2D eigenvalue weighted by molar-refractivity contribution is -0.123. The number of Topliss-reactive ketones (excluding diaryl/α,β-unsaturated/α-hetero) is 1. The molecule has 0 fully saturated rings. The van der Waals surface area contributed by atoms with Crippen LogP contribution in [0.5, 0.6) is 0 Å². The number of halogens is 1. The third kappa shape index (κ3) is 5.52. The van der Waals surface area contributed by atoms with Crippen molar-refractivity contribution in [2.45, 2.75) is 32.1 Å². The van der Waals surface area contributed by atoms with Gasteiger partial charge in [-0.1, -0.05) is 31.2 Å². The summed E-state index contributed by atoms with van der Waals surface area (Å²) in [6.45, 7) is 3.42. The Morgan fingerprint density at radius 3 is 2.63 bits per heavy atom. The number of benzene rings is 2. The van der Waals surface area contributed by atoms with Crippen LogP contribution < -0.4 is 4.90 Å². The average Bonchev–Trinajstić information content (AvgIpc) is 2.76. The minimum Gasteiger partial charge on any atom is -0.382 e. The monoisotopic (exact) mass is 413 g/mol. The van der Waals surface area contributed by atoms with Crippen molar-refractivity contribution in [2.24, 2.45) is 0 Å². The van der Waals surface area contributed by atoms with Gasteiger partial charge in [-0.25, -0.2) is 4.39 Å². The number of anilines is 1. The first-order valence-electron chi connectivity index (χ1n) is 10.3. The molecule has 3 rings (SSSR count). The van der Waals surface area contributed by atoms with Crippen LogP contribution >= 0.6 is 0 Å². The van der Waals surface area contributed by atoms with Crippen molar-refractivity contribution >= 4 is 17.4 Å². The van der Waals surface area contributed by atoms with Crippen LogP contribution in [0.2, 0.25) is 0 Å². The number of rotatable bonds is 9. The lowest BCUT2D eigenvalue weighted by Crippen LogP contribution is -2.38. The number of aryl methyl sites for hydroxylation is 1. The number of fused-ring (bicyclic) bond motifs is 1. The molecule has 1 heterocycles. The molecule has 0 aromatic heterocycles. The maximum absolute atomic E-state index is 13.1. The van der Waals surface area contributed by atoms with Crippen LogP contribution in [0, 0.1) is 5.82 Å². The molecule has 1 aliphatic heterocycles. The molecular formula is C24H28FNO4. The number of carbonyl (C=O) groups excluding carboxylic acids is 2. The third-order valence-corrected chi connectivity index (χ3v) is 5.46. The Hall–Kier alpha value is -2.57. The summed E-state index contributed by atoms with van der Waals surface area (Å²) in [4.78, 5) is 27.0. The normalized spacial score (nSPS) is 14.3. The van der Waals surface area contributed by atoms with E-state index in [2.05, 4.69) is 0 Å². The number of amides is 1. The molecule has 5 nitrogen and oxygen atoms in total. The summed E-state index contributed by atoms with van der Waals surface area (Å²) in [5.41, 5.74) is 3.71. The van der Waals surface area contributed by atoms with E-state index in [4.69, 9.17) is 9.47 Å². The van der Waals surface area contributed by atoms with Crippen molar-refractivity contribution < 1.29 is 23.5 Å². The number of ketones is 1. The summed E-state index contributed by atoms with van der Waals surface area (Å²) in [5.74, 6) is -0.571. The van der Waals surface area contributed by atoms with E-state index in [9.17, 15) is 14.0 Å². The Kier molecular flexibility index (Phi) is 7.71. The van der Waals surface area contributed by atoms with Gasteiger partial charge in [-0.05, 0) is 47.7 Å². The second-order valence-electron chi connectivity index (χ2n) is 7.57. The first-order chi connectivity index (χ1) is 14.5. The molecule has 0 aliphatic carbocycles. The minimum atomic E-state index is -0.308. The fourth-order valence-electron chi connectivity index (χ4n) is 3.67. The molecule has 0 spiro atoms. The van der Waals surface area contributed by atoms with E-state index in [1.54, 1.807) is 24.1 Å². The van der Waals surface area contributed by atoms with Crippen LogP contribution in [-0.4, -0.2) is 45.2 Å². The zero-order chi connectivity index (χ0) is 21.5. The lowest BCUT2D eigenvalue weighted by atomic mass is 9.89. The number of hydrogen-bond acceptors (Lipinski definition) is 4. The molecule has 0 radical (unpaired) electrons. The first kappa shape index (κ1) is 22.1. The molecular weight excluding hydrogens is 385 g/mol. The molecule has 2 aromatic carbocycles. The number of hydrogen-bond donors (Lipinski definition) is 0. The van der Waals surface area contributed by atoms with Gasteiger partial charge in [0.05, 0.1) is 13.2 Å². The van der Waals surface area contributed by atoms with Gasteiger partial charge in [0, 0.05) is 31.7 Å². The zero-order valence-electron chi connectivity index (χ0n) is 17.5. The molecule has 0 saturated heterocycles. The highest BCUT2D eigenvalue weighted by molar-refractivity contribution is 5.95. The van der Waals surface area contributed by atoms with E-state index in [0.717, 1.165) is 35.2 Å². The van der Waals surface area contributed by atoms with E-state index in [1.165, 1.54) is 12.1 Å². The predicted octanol–water partition coefficient (Wildman–Crippen LogP) is 3.68. The molecule has 1 atom stereocenters. The van der Waals surface area contributed by atoms with Crippen LogP contribution in [0.3, 0.4) is 0 Å². The molecule has 2 aromatic rings. The topological polar surface area (TPSA) is 55.8 Å². The van der Waals surface area contributed by atoms with Gasteiger partial charge >= 0.3 is 0 Å². The minimum absolute atomic E-state index is 0.0249. The van der Waals surface area contributed by atoms with Gasteiger partial charge in [-0.3, -0.25) is 9.59 Å². The van der Waals surface area contributed by atoms with Crippen molar-refractivity contribution in [1.29, 1.82) is 0 Å². The molecule has 0 saturated carbocycles. The Labute approximate surface area is 176 Å². The van der Waals surface area contributed by atoms with E-state index < -0.39 is 0 Å². The highest BCUT2D eigenvalue weighted by Crippen LogP contribution is 2.31. The van der Waals surface area contributed by atoms with Crippen molar-refractivity contribution in [3.8, 4) is 0 Å². The summed E-state index contributed by atoms with van der Waals surface area (Å²) in [6, 6.07) is 11.9. The zero-order valence-corrected chi connectivity index (χ0v) is 17.5. The molecule has 160 valence electrons. The average molecular weight is 413 g/mol. The number of methoxy groups -OCH3 is 1. The molecule has 0 unspecified atom stereocenters. The van der Waals surface area contributed by atoms with Crippen LogP contribution in [0.15, 0.2) is 42.5 Å². The van der Waals surface area contributed by atoms with Gasteiger partial charge in [0.2, 0.25) is 0 Å². The van der Waals surface area contributed by atoms with E-state index >= 15 is 0 Å². The van der Waals surface area contributed by atoms with Gasteiger partial charge < -0.3 is 14.4 Å².